The molecule has 92 valence electrons. The maximum Gasteiger partial charge on any atom is 0.0560 e. The number of aryl methyl sites for hydroxylation is 1. The van der Waals surface area contributed by atoms with Crippen LogP contribution in [-0.4, -0.2) is 25.6 Å². The molecule has 1 atom stereocenters. The van der Waals surface area contributed by atoms with Gasteiger partial charge in [-0.15, -0.1) is 0 Å². The third-order valence-electron chi connectivity index (χ3n) is 2.76. The topological polar surface area (TPSA) is 47.7 Å². The van der Waals surface area contributed by atoms with Crippen LogP contribution >= 0.6 is 0 Å². The first-order valence-electron chi connectivity index (χ1n) is 6.01. The first-order valence-corrected chi connectivity index (χ1v) is 6.01. The molecule has 2 heterocycles. The minimum Gasteiger partial charge on any atom is -0.307 e. The number of nitrogens with zero attached hydrogens (tertiary/aromatic N) is 4. The Balaban J connectivity index is 1.82. The molecule has 2 rings (SSSR count). The molecule has 0 saturated carbocycles. The van der Waals surface area contributed by atoms with Crippen LogP contribution in [0.3, 0.4) is 0 Å². The minimum atomic E-state index is 0.384. The first-order chi connectivity index (χ1) is 8.29. The molecule has 0 spiro atoms. The molecule has 0 amide bonds. The molecular weight excluding hydrogens is 214 g/mol. The molecule has 1 unspecified atom stereocenters. The van der Waals surface area contributed by atoms with Crippen molar-refractivity contribution in [2.45, 2.75) is 39.5 Å². The standard InChI is InChI=1S/C12H19N5/c1-3-17-12(5-7-15-17)9-13-11(2)10-16-8-4-6-14-16/h4-8,11,13H,3,9-10H2,1-2H3. The molecule has 2 aromatic heterocycles. The van der Waals surface area contributed by atoms with E-state index >= 15 is 0 Å². The largest absolute Gasteiger partial charge is 0.307 e. The molecule has 0 bridgehead atoms. The molecule has 0 aliphatic heterocycles. The van der Waals surface area contributed by atoms with E-state index in [1.165, 1.54) is 5.69 Å². The molecule has 0 aromatic carbocycles. The smallest absolute Gasteiger partial charge is 0.0560 e. The summed E-state index contributed by atoms with van der Waals surface area (Å²) < 4.78 is 3.95. The van der Waals surface area contributed by atoms with E-state index in [9.17, 15) is 0 Å². The van der Waals surface area contributed by atoms with E-state index in [1.807, 2.05) is 27.8 Å². The summed E-state index contributed by atoms with van der Waals surface area (Å²) >= 11 is 0. The third-order valence-corrected chi connectivity index (χ3v) is 2.76. The van der Waals surface area contributed by atoms with Crippen LogP contribution < -0.4 is 5.32 Å². The summed E-state index contributed by atoms with van der Waals surface area (Å²) in [5.74, 6) is 0. The Kier molecular flexibility index (Phi) is 3.93. The van der Waals surface area contributed by atoms with Crippen LogP contribution in [0.5, 0.6) is 0 Å². The van der Waals surface area contributed by atoms with Crippen LogP contribution in [0.1, 0.15) is 19.5 Å². The van der Waals surface area contributed by atoms with Crippen LogP contribution in [-0.2, 0) is 19.6 Å². The lowest BCUT2D eigenvalue weighted by molar-refractivity contribution is 0.441. The van der Waals surface area contributed by atoms with Gasteiger partial charge in [0.1, 0.15) is 0 Å². The lowest BCUT2D eigenvalue weighted by Crippen LogP contribution is -2.30. The summed E-state index contributed by atoms with van der Waals surface area (Å²) in [5.41, 5.74) is 1.22. The summed E-state index contributed by atoms with van der Waals surface area (Å²) in [6.45, 7) is 6.90. The Labute approximate surface area is 101 Å². The van der Waals surface area contributed by atoms with Crippen molar-refractivity contribution in [3.05, 3.63) is 36.4 Å². The maximum absolute atomic E-state index is 4.25. The van der Waals surface area contributed by atoms with E-state index in [2.05, 4.69) is 35.4 Å². The number of nitrogens with one attached hydrogen (secondary N) is 1. The fourth-order valence-corrected chi connectivity index (χ4v) is 1.83. The maximum atomic E-state index is 4.25. The van der Waals surface area contributed by atoms with Gasteiger partial charge in [0.25, 0.3) is 0 Å². The molecule has 0 aliphatic carbocycles. The van der Waals surface area contributed by atoms with Crippen molar-refractivity contribution in [2.24, 2.45) is 0 Å². The predicted molar refractivity (Wildman–Crippen MR) is 66.4 cm³/mol. The van der Waals surface area contributed by atoms with E-state index in [-0.39, 0.29) is 0 Å². The Morgan fingerprint density at radius 2 is 2.24 bits per heavy atom. The van der Waals surface area contributed by atoms with E-state index in [0.717, 1.165) is 19.6 Å². The highest BCUT2D eigenvalue weighted by molar-refractivity contribution is 5.00. The Morgan fingerprint density at radius 1 is 1.35 bits per heavy atom. The molecule has 5 heteroatoms. The van der Waals surface area contributed by atoms with Crippen LogP contribution in [0.25, 0.3) is 0 Å². The zero-order valence-corrected chi connectivity index (χ0v) is 10.4. The molecule has 1 N–H and O–H groups in total. The van der Waals surface area contributed by atoms with Gasteiger partial charge in [-0.1, -0.05) is 0 Å². The Bertz CT molecular complexity index is 431. The number of rotatable bonds is 6. The van der Waals surface area contributed by atoms with Gasteiger partial charge in [0, 0.05) is 37.7 Å². The highest BCUT2D eigenvalue weighted by Gasteiger charge is 2.05. The molecule has 2 aromatic rings. The summed E-state index contributed by atoms with van der Waals surface area (Å²) in [4.78, 5) is 0. The van der Waals surface area contributed by atoms with Crippen LogP contribution in [0, 0.1) is 0 Å². The van der Waals surface area contributed by atoms with E-state index in [1.54, 1.807) is 6.20 Å². The van der Waals surface area contributed by atoms with Crippen molar-refractivity contribution in [2.75, 3.05) is 0 Å². The van der Waals surface area contributed by atoms with Crippen LogP contribution in [0.15, 0.2) is 30.7 Å². The van der Waals surface area contributed by atoms with Crippen LogP contribution in [0.2, 0.25) is 0 Å². The molecule has 17 heavy (non-hydrogen) atoms. The predicted octanol–water partition coefficient (Wildman–Crippen LogP) is 1.28. The number of aromatic nitrogens is 4. The van der Waals surface area contributed by atoms with Crippen molar-refractivity contribution in [1.82, 2.24) is 24.9 Å². The molecular formula is C12H19N5. The highest BCUT2D eigenvalue weighted by atomic mass is 15.3. The van der Waals surface area contributed by atoms with Crippen molar-refractivity contribution in [3.63, 3.8) is 0 Å². The highest BCUT2D eigenvalue weighted by Crippen LogP contribution is 1.99. The summed E-state index contributed by atoms with van der Waals surface area (Å²) in [6.07, 6.45) is 5.63. The second-order valence-electron chi connectivity index (χ2n) is 4.15. The molecule has 0 saturated heterocycles. The van der Waals surface area contributed by atoms with Crippen molar-refractivity contribution < 1.29 is 0 Å². The minimum absolute atomic E-state index is 0.384. The van der Waals surface area contributed by atoms with Crippen molar-refractivity contribution in [3.8, 4) is 0 Å². The zero-order chi connectivity index (χ0) is 12.1. The second kappa shape index (κ2) is 5.63. The van der Waals surface area contributed by atoms with Crippen LogP contribution in [0.4, 0.5) is 0 Å². The lowest BCUT2D eigenvalue weighted by Gasteiger charge is -2.14. The first kappa shape index (κ1) is 11.9. The van der Waals surface area contributed by atoms with Gasteiger partial charge in [-0.05, 0) is 26.0 Å². The van der Waals surface area contributed by atoms with Crippen molar-refractivity contribution >= 4 is 0 Å². The number of hydrogen-bond donors (Lipinski definition) is 1. The van der Waals surface area contributed by atoms with Gasteiger partial charge in [-0.25, -0.2) is 0 Å². The SMILES string of the molecule is CCn1nccc1CNC(C)Cn1cccn1. The Morgan fingerprint density at radius 3 is 2.94 bits per heavy atom. The second-order valence-corrected chi connectivity index (χ2v) is 4.15. The third kappa shape index (κ3) is 3.17. The monoisotopic (exact) mass is 233 g/mol. The average molecular weight is 233 g/mol. The number of hydrogen-bond acceptors (Lipinski definition) is 3. The quantitative estimate of drug-likeness (QED) is 0.817. The van der Waals surface area contributed by atoms with Crippen molar-refractivity contribution in [1.29, 1.82) is 0 Å². The van der Waals surface area contributed by atoms with Gasteiger partial charge >= 0.3 is 0 Å². The van der Waals surface area contributed by atoms with Gasteiger partial charge in [0.15, 0.2) is 0 Å². The van der Waals surface area contributed by atoms with Gasteiger partial charge in [0.2, 0.25) is 0 Å². The van der Waals surface area contributed by atoms with Gasteiger partial charge in [-0.3, -0.25) is 9.36 Å². The van der Waals surface area contributed by atoms with Gasteiger partial charge < -0.3 is 5.32 Å². The zero-order valence-electron chi connectivity index (χ0n) is 10.4. The molecule has 0 radical (unpaired) electrons. The molecule has 0 aliphatic rings. The van der Waals surface area contributed by atoms with E-state index < -0.39 is 0 Å². The summed E-state index contributed by atoms with van der Waals surface area (Å²) in [7, 11) is 0. The fourth-order valence-electron chi connectivity index (χ4n) is 1.83. The molecule has 0 fully saturated rings. The lowest BCUT2D eigenvalue weighted by atomic mass is 10.3. The fraction of sp³-hybridized carbons (Fsp3) is 0.500. The summed E-state index contributed by atoms with van der Waals surface area (Å²) in [6, 6.07) is 4.38. The molecule has 5 nitrogen and oxygen atoms in total. The normalized spacial score (nSPS) is 12.8. The Hall–Kier alpha value is -1.62. The average Bonchev–Trinajstić information content (AvgIpc) is 2.96. The van der Waals surface area contributed by atoms with Gasteiger partial charge in [0.05, 0.1) is 12.2 Å². The van der Waals surface area contributed by atoms with E-state index in [4.69, 9.17) is 0 Å². The van der Waals surface area contributed by atoms with Gasteiger partial charge in [-0.2, -0.15) is 10.2 Å². The summed E-state index contributed by atoms with van der Waals surface area (Å²) in [5, 5.41) is 11.9. The van der Waals surface area contributed by atoms with E-state index in [0.29, 0.717) is 6.04 Å².